The minimum atomic E-state index is -0.534. The van der Waals surface area contributed by atoms with E-state index in [1.807, 2.05) is 13.0 Å². The number of aromatic nitrogens is 3. The summed E-state index contributed by atoms with van der Waals surface area (Å²) in [6.45, 7) is 3.59. The highest BCUT2D eigenvalue weighted by molar-refractivity contribution is 5.61. The van der Waals surface area contributed by atoms with Crippen LogP contribution in [0.2, 0.25) is 0 Å². The summed E-state index contributed by atoms with van der Waals surface area (Å²) in [7, 11) is 0. The predicted molar refractivity (Wildman–Crippen MR) is 67.1 cm³/mol. The van der Waals surface area contributed by atoms with Gasteiger partial charge in [-0.3, -0.25) is 4.98 Å². The van der Waals surface area contributed by atoms with Gasteiger partial charge in [-0.25, -0.2) is 20.2 Å². The molecule has 2 aromatic rings. The van der Waals surface area contributed by atoms with Crippen LogP contribution in [0.1, 0.15) is 18.2 Å². The molecular formula is C12H14FN5. The number of nitrogens with zero attached hydrogens (tertiary/aromatic N) is 3. The summed E-state index contributed by atoms with van der Waals surface area (Å²) in [5.74, 6) is 5.15. The van der Waals surface area contributed by atoms with Crippen LogP contribution in [-0.4, -0.2) is 15.0 Å². The summed E-state index contributed by atoms with van der Waals surface area (Å²) in [4.78, 5) is 12.3. The molecule has 0 aliphatic rings. The van der Waals surface area contributed by atoms with Crippen LogP contribution < -0.4 is 11.3 Å². The maximum atomic E-state index is 13.6. The van der Waals surface area contributed by atoms with E-state index in [9.17, 15) is 4.39 Å². The number of halogens is 1. The lowest BCUT2D eigenvalue weighted by atomic mass is 10.1. The summed E-state index contributed by atoms with van der Waals surface area (Å²) in [5, 5.41) is 0. The van der Waals surface area contributed by atoms with E-state index >= 15 is 0 Å². The first-order valence-electron chi connectivity index (χ1n) is 5.61. The van der Waals surface area contributed by atoms with Crippen molar-refractivity contribution in [2.45, 2.75) is 20.3 Å². The molecular weight excluding hydrogens is 233 g/mol. The summed E-state index contributed by atoms with van der Waals surface area (Å²) in [6.07, 6.45) is 4.22. The molecule has 0 atom stereocenters. The summed E-state index contributed by atoms with van der Waals surface area (Å²) in [6, 6.07) is 1.81. The molecule has 0 radical (unpaired) electrons. The molecule has 0 bridgehead atoms. The molecule has 2 aromatic heterocycles. The van der Waals surface area contributed by atoms with Crippen molar-refractivity contribution in [1.29, 1.82) is 0 Å². The Morgan fingerprint density at radius 3 is 2.83 bits per heavy atom. The van der Waals surface area contributed by atoms with Gasteiger partial charge < -0.3 is 5.43 Å². The Morgan fingerprint density at radius 1 is 1.39 bits per heavy atom. The predicted octanol–water partition coefficient (Wildman–Crippen LogP) is 1.83. The van der Waals surface area contributed by atoms with Gasteiger partial charge in [-0.1, -0.05) is 6.92 Å². The molecule has 0 amide bonds. The van der Waals surface area contributed by atoms with Crippen LogP contribution in [0.3, 0.4) is 0 Å². The summed E-state index contributed by atoms with van der Waals surface area (Å²) >= 11 is 0. The molecule has 2 heterocycles. The number of hydrogen-bond donors (Lipinski definition) is 2. The van der Waals surface area contributed by atoms with Crippen LogP contribution >= 0.6 is 0 Å². The molecule has 0 saturated carbocycles. The number of hydrazine groups is 1. The smallest absolute Gasteiger partial charge is 0.187 e. The number of nitrogens with one attached hydrogen (secondary N) is 1. The maximum absolute atomic E-state index is 13.6. The number of rotatable bonds is 3. The lowest BCUT2D eigenvalue weighted by molar-refractivity contribution is 0.606. The highest BCUT2D eigenvalue weighted by Crippen LogP contribution is 2.23. The van der Waals surface area contributed by atoms with Crippen LogP contribution in [-0.2, 0) is 6.42 Å². The molecule has 0 aliphatic carbocycles. The van der Waals surface area contributed by atoms with Crippen molar-refractivity contribution in [2.24, 2.45) is 5.84 Å². The third-order valence-corrected chi connectivity index (χ3v) is 2.68. The minimum Gasteiger partial charge on any atom is -0.306 e. The van der Waals surface area contributed by atoms with Crippen molar-refractivity contribution >= 4 is 5.82 Å². The largest absolute Gasteiger partial charge is 0.306 e. The zero-order valence-corrected chi connectivity index (χ0v) is 10.2. The maximum Gasteiger partial charge on any atom is 0.187 e. The third kappa shape index (κ3) is 2.14. The Labute approximate surface area is 104 Å². The Kier molecular flexibility index (Phi) is 3.47. The molecule has 3 N–H and O–H groups in total. The van der Waals surface area contributed by atoms with Crippen LogP contribution in [0.15, 0.2) is 18.5 Å². The van der Waals surface area contributed by atoms with Crippen molar-refractivity contribution in [3.05, 3.63) is 35.5 Å². The number of aryl methyl sites for hydroxylation is 2. The fraction of sp³-hybridized carbons (Fsp3) is 0.250. The Hall–Kier alpha value is -2.08. The van der Waals surface area contributed by atoms with Gasteiger partial charge in [-0.2, -0.15) is 0 Å². The Bertz CT molecular complexity index is 570. The van der Waals surface area contributed by atoms with Gasteiger partial charge in [0.05, 0.1) is 5.69 Å². The Balaban J connectivity index is 2.61. The third-order valence-electron chi connectivity index (χ3n) is 2.68. The first-order chi connectivity index (χ1) is 8.67. The molecule has 5 nitrogen and oxygen atoms in total. The fourth-order valence-electron chi connectivity index (χ4n) is 1.70. The molecule has 18 heavy (non-hydrogen) atoms. The second-order valence-corrected chi connectivity index (χ2v) is 3.83. The molecule has 94 valence electrons. The van der Waals surface area contributed by atoms with E-state index in [2.05, 4.69) is 20.4 Å². The summed E-state index contributed by atoms with van der Waals surface area (Å²) in [5.41, 5.74) is 4.34. The Morgan fingerprint density at radius 2 is 2.17 bits per heavy atom. The first-order valence-corrected chi connectivity index (χ1v) is 5.61. The number of hydrogen-bond acceptors (Lipinski definition) is 5. The van der Waals surface area contributed by atoms with Gasteiger partial charge in [0.2, 0.25) is 0 Å². The molecule has 2 rings (SSSR count). The second-order valence-electron chi connectivity index (χ2n) is 3.83. The quantitative estimate of drug-likeness (QED) is 0.639. The molecule has 0 fully saturated rings. The van der Waals surface area contributed by atoms with Gasteiger partial charge in [0.25, 0.3) is 0 Å². The van der Waals surface area contributed by atoms with E-state index in [1.165, 1.54) is 0 Å². The molecule has 0 spiro atoms. The van der Waals surface area contributed by atoms with Crippen molar-refractivity contribution in [3.8, 4) is 11.4 Å². The average molecular weight is 247 g/mol. The number of nitrogens with two attached hydrogens (primary N) is 1. The SMILES string of the molecule is CCc1cnccc1-c1nc(C)c(F)c(NN)n1. The fourth-order valence-corrected chi connectivity index (χ4v) is 1.70. The van der Waals surface area contributed by atoms with E-state index in [0.717, 1.165) is 17.5 Å². The van der Waals surface area contributed by atoms with Crippen molar-refractivity contribution in [2.75, 3.05) is 5.43 Å². The van der Waals surface area contributed by atoms with Gasteiger partial charge in [0, 0.05) is 18.0 Å². The van der Waals surface area contributed by atoms with Crippen LogP contribution in [0.4, 0.5) is 10.2 Å². The number of pyridine rings is 1. The molecule has 0 aliphatic heterocycles. The van der Waals surface area contributed by atoms with Gasteiger partial charge in [-0.15, -0.1) is 0 Å². The molecule has 0 saturated heterocycles. The molecule has 0 aromatic carbocycles. The zero-order chi connectivity index (χ0) is 13.1. The average Bonchev–Trinajstić information content (AvgIpc) is 2.41. The van der Waals surface area contributed by atoms with Gasteiger partial charge in [0.1, 0.15) is 0 Å². The van der Waals surface area contributed by atoms with Gasteiger partial charge in [-0.05, 0) is 25.0 Å². The lowest BCUT2D eigenvalue weighted by Gasteiger charge is -2.09. The van der Waals surface area contributed by atoms with Gasteiger partial charge >= 0.3 is 0 Å². The number of nitrogen functional groups attached to an aromatic ring is 1. The van der Waals surface area contributed by atoms with Crippen molar-refractivity contribution in [1.82, 2.24) is 15.0 Å². The van der Waals surface area contributed by atoms with Crippen LogP contribution in [0, 0.1) is 12.7 Å². The van der Waals surface area contributed by atoms with E-state index < -0.39 is 5.82 Å². The monoisotopic (exact) mass is 247 g/mol. The summed E-state index contributed by atoms with van der Waals surface area (Å²) < 4.78 is 13.6. The first kappa shape index (κ1) is 12.4. The molecule has 0 unspecified atom stereocenters. The lowest BCUT2D eigenvalue weighted by Crippen LogP contribution is -2.13. The molecule has 6 heteroatoms. The van der Waals surface area contributed by atoms with Gasteiger partial charge in [0.15, 0.2) is 17.5 Å². The highest BCUT2D eigenvalue weighted by Gasteiger charge is 2.13. The van der Waals surface area contributed by atoms with Crippen LogP contribution in [0.5, 0.6) is 0 Å². The highest BCUT2D eigenvalue weighted by atomic mass is 19.1. The zero-order valence-electron chi connectivity index (χ0n) is 10.2. The van der Waals surface area contributed by atoms with E-state index in [-0.39, 0.29) is 11.5 Å². The van der Waals surface area contributed by atoms with Crippen LogP contribution in [0.25, 0.3) is 11.4 Å². The van der Waals surface area contributed by atoms with E-state index in [1.54, 1.807) is 19.3 Å². The minimum absolute atomic E-state index is 0.00337. The van der Waals surface area contributed by atoms with E-state index in [0.29, 0.717) is 5.82 Å². The van der Waals surface area contributed by atoms with Crippen molar-refractivity contribution in [3.63, 3.8) is 0 Å². The second kappa shape index (κ2) is 5.05. The number of anilines is 1. The van der Waals surface area contributed by atoms with E-state index in [4.69, 9.17) is 5.84 Å². The standard InChI is InChI=1S/C12H14FN5/c1-3-8-6-15-5-4-9(8)11-16-7(2)10(13)12(17-11)18-14/h4-6H,3,14H2,1-2H3,(H,16,17,18). The topological polar surface area (TPSA) is 76.7 Å². The van der Waals surface area contributed by atoms with Crippen molar-refractivity contribution < 1.29 is 4.39 Å². The normalized spacial score (nSPS) is 10.4.